The Morgan fingerprint density at radius 2 is 0.571 bits per heavy atom. The Balaban J connectivity index is 0.000000368. The maximum Gasteiger partial charge on any atom is 0.0521 e. The Labute approximate surface area is 397 Å². The summed E-state index contributed by atoms with van der Waals surface area (Å²) >= 11 is 0. The van der Waals surface area contributed by atoms with Crippen LogP contribution in [0.2, 0.25) is 0 Å². The fraction of sp³-hybridized carbons (Fsp3) is 1.00. The molecule has 7 rings (SSSR count). The topological polar surface area (TPSA) is 36.9 Å². The smallest absolute Gasteiger partial charge is 0.0521 e. The van der Waals surface area contributed by atoms with Gasteiger partial charge in [-0.15, -0.1) is 0 Å². The molecule has 0 aromatic rings. The van der Waals surface area contributed by atoms with Crippen molar-refractivity contribution in [2.24, 2.45) is 79.3 Å². The fourth-order valence-corrected chi connectivity index (χ4v) is 9.25. The Bertz CT molecular complexity index is 1050. The highest BCUT2D eigenvalue weighted by Gasteiger charge is 2.32. The second-order valence-corrected chi connectivity index (χ2v) is 29.4. The van der Waals surface area contributed by atoms with Crippen molar-refractivity contribution in [1.82, 2.24) is 0 Å². The molecule has 7 fully saturated rings. The van der Waals surface area contributed by atoms with Crippen LogP contribution >= 0.6 is 0 Å². The normalized spacial score (nSPS) is 24.1. The van der Waals surface area contributed by atoms with E-state index in [9.17, 15) is 0 Å². The zero-order chi connectivity index (χ0) is 48.3. The molecule has 0 bridgehead atoms. The van der Waals surface area contributed by atoms with Crippen molar-refractivity contribution in [3.05, 3.63) is 0 Å². The van der Waals surface area contributed by atoms with Crippen molar-refractivity contribution < 1.29 is 18.9 Å². The molecule has 0 N–H and O–H groups in total. The molecule has 2 unspecified atom stereocenters. The number of ether oxygens (including phenoxy) is 4. The summed E-state index contributed by atoms with van der Waals surface area (Å²) in [6.45, 7) is 56.3. The average molecular weight is 892 g/mol. The highest BCUT2D eigenvalue weighted by Crippen LogP contribution is 2.40. The van der Waals surface area contributed by atoms with Gasteiger partial charge in [0.15, 0.2) is 0 Å². The minimum atomic E-state index is 0.445. The highest BCUT2D eigenvalue weighted by atomic mass is 16.5. The monoisotopic (exact) mass is 891 g/mol. The molecule has 0 aromatic heterocycles. The van der Waals surface area contributed by atoms with Gasteiger partial charge in [0.1, 0.15) is 0 Å². The van der Waals surface area contributed by atoms with E-state index in [1.807, 2.05) is 0 Å². The zero-order valence-corrected chi connectivity index (χ0v) is 47.1. The molecule has 0 radical (unpaired) electrons. The lowest BCUT2D eigenvalue weighted by atomic mass is 9.74. The van der Waals surface area contributed by atoms with Crippen LogP contribution in [0.15, 0.2) is 0 Å². The summed E-state index contributed by atoms with van der Waals surface area (Å²) < 4.78 is 21.0. The highest BCUT2D eigenvalue weighted by molar-refractivity contribution is 4.81. The SMILES string of the molecule is CC(C)(C)C1CCCOC1.CC(C)(C)C1CCOC1.CC(C)(C)C1CCOCC1.CC(C)(C)C1COC1.CC(C)(C)CC1CC1.CC(C)(C)CC1CCC1.CC(C)(C)CC1CCC1. The van der Waals surface area contributed by atoms with Crippen molar-refractivity contribution in [3.63, 3.8) is 0 Å². The maximum absolute atomic E-state index is 5.41. The zero-order valence-electron chi connectivity index (χ0n) is 47.1. The molecule has 3 aliphatic carbocycles. The molecule has 63 heavy (non-hydrogen) atoms. The second-order valence-electron chi connectivity index (χ2n) is 29.4. The average Bonchev–Trinajstić information content (AvgIpc) is 3.67. The van der Waals surface area contributed by atoms with E-state index < -0.39 is 0 Å². The third kappa shape index (κ3) is 32.3. The van der Waals surface area contributed by atoms with Crippen LogP contribution in [0.5, 0.6) is 0 Å². The maximum atomic E-state index is 5.41. The van der Waals surface area contributed by atoms with Gasteiger partial charge in [-0.1, -0.05) is 197 Å². The summed E-state index contributed by atoms with van der Waals surface area (Å²) in [5.41, 5.74) is 3.59. The standard InChI is InChI=1S/2C9H18O.2C9H18.C8H16O.C8H16.C7H14O/c1-9(2,3)8-4-6-10-7-5-8;1-9(2,3)8-5-4-6-10-7-8;2*1-9(2,3)7-8-5-4-6-8;1-8(2,3)7-4-5-9-6-7;1-8(2,3)6-7-4-5-7;1-7(2,3)6-4-8-5-6/h2*8H,4-7H2,1-3H3;2*8H,4-7H2,1-3H3;7H,4-6H2,1-3H3;7H,4-6H2,1-3H3;6H,4-5H2,1-3H3. The molecule has 4 aliphatic heterocycles. The number of hydrogen-bond acceptors (Lipinski definition) is 4. The van der Waals surface area contributed by atoms with Crippen molar-refractivity contribution >= 4 is 0 Å². The molecule has 0 spiro atoms. The van der Waals surface area contributed by atoms with Crippen LogP contribution in [-0.4, -0.2) is 52.9 Å². The quantitative estimate of drug-likeness (QED) is 0.283. The molecule has 4 saturated heterocycles. The fourth-order valence-electron chi connectivity index (χ4n) is 9.25. The van der Waals surface area contributed by atoms with Crippen molar-refractivity contribution in [2.45, 2.75) is 248 Å². The third-order valence-electron chi connectivity index (χ3n) is 14.7. The summed E-state index contributed by atoms with van der Waals surface area (Å²) in [7, 11) is 0. The lowest BCUT2D eigenvalue weighted by molar-refractivity contribution is -0.0821. The third-order valence-corrected chi connectivity index (χ3v) is 14.7. The van der Waals surface area contributed by atoms with Gasteiger partial charge in [0.05, 0.1) is 13.2 Å². The Hall–Kier alpha value is -0.160. The summed E-state index contributed by atoms with van der Waals surface area (Å²) in [4.78, 5) is 0. The first-order valence-corrected chi connectivity index (χ1v) is 27.0. The van der Waals surface area contributed by atoms with E-state index in [0.717, 1.165) is 94.3 Å². The first kappa shape index (κ1) is 60.9. The minimum Gasteiger partial charge on any atom is -0.381 e. The van der Waals surface area contributed by atoms with Crippen LogP contribution in [0, 0.1) is 79.3 Å². The van der Waals surface area contributed by atoms with Crippen LogP contribution in [0.25, 0.3) is 0 Å². The molecule has 0 aromatic carbocycles. The summed E-state index contributed by atoms with van der Waals surface area (Å²) in [6.07, 6.45) is 22.6. The molecule has 0 amide bonds. The second kappa shape index (κ2) is 27.7. The van der Waals surface area contributed by atoms with E-state index in [-0.39, 0.29) is 0 Å². The Morgan fingerprint density at radius 3 is 0.698 bits per heavy atom. The molecule has 4 heteroatoms. The minimum absolute atomic E-state index is 0.445. The van der Waals surface area contributed by atoms with Crippen LogP contribution in [0.3, 0.4) is 0 Å². The van der Waals surface area contributed by atoms with Gasteiger partial charge in [-0.25, -0.2) is 0 Å². The summed E-state index contributed by atoms with van der Waals surface area (Å²) in [5.74, 6) is 6.49. The Kier molecular flexibility index (Phi) is 26.8. The van der Waals surface area contributed by atoms with Gasteiger partial charge < -0.3 is 18.9 Å². The van der Waals surface area contributed by atoms with E-state index in [1.165, 1.54) is 103 Å². The molecule has 4 nitrogen and oxygen atoms in total. The lowest BCUT2D eigenvalue weighted by Gasteiger charge is -2.37. The van der Waals surface area contributed by atoms with Gasteiger partial charge in [0, 0.05) is 45.6 Å². The first-order valence-electron chi connectivity index (χ1n) is 27.0. The van der Waals surface area contributed by atoms with Crippen molar-refractivity contribution in [3.8, 4) is 0 Å². The molecule has 7 aliphatic rings. The number of rotatable bonds is 3. The predicted octanol–water partition coefficient (Wildman–Crippen LogP) is 17.9. The van der Waals surface area contributed by atoms with Crippen molar-refractivity contribution in [1.29, 1.82) is 0 Å². The van der Waals surface area contributed by atoms with Gasteiger partial charge >= 0.3 is 0 Å². The van der Waals surface area contributed by atoms with E-state index in [2.05, 4.69) is 145 Å². The molecule has 4 heterocycles. The molecule has 378 valence electrons. The van der Waals surface area contributed by atoms with E-state index >= 15 is 0 Å². The summed E-state index contributed by atoms with van der Waals surface area (Å²) in [5, 5.41) is 0. The van der Waals surface area contributed by atoms with Gasteiger partial charge in [0.25, 0.3) is 0 Å². The predicted molar refractivity (Wildman–Crippen MR) is 278 cm³/mol. The van der Waals surface area contributed by atoms with Crippen LogP contribution in [0.4, 0.5) is 0 Å². The van der Waals surface area contributed by atoms with Crippen molar-refractivity contribution in [2.75, 3.05) is 52.9 Å². The van der Waals surface area contributed by atoms with E-state index in [4.69, 9.17) is 18.9 Å². The van der Waals surface area contributed by atoms with Crippen LogP contribution in [-0.2, 0) is 18.9 Å². The molecule has 2 atom stereocenters. The van der Waals surface area contributed by atoms with Gasteiger partial charge in [-0.05, 0) is 125 Å². The van der Waals surface area contributed by atoms with Gasteiger partial charge in [-0.3, -0.25) is 0 Å². The number of hydrogen-bond donors (Lipinski definition) is 0. The first-order chi connectivity index (χ1) is 28.7. The molecular formula is C59H118O4. The van der Waals surface area contributed by atoms with Gasteiger partial charge in [-0.2, -0.15) is 0 Å². The Morgan fingerprint density at radius 1 is 0.270 bits per heavy atom. The van der Waals surface area contributed by atoms with E-state index in [1.54, 1.807) is 0 Å². The molecular weight excluding hydrogens is 773 g/mol. The van der Waals surface area contributed by atoms with Gasteiger partial charge in [0.2, 0.25) is 0 Å². The molecule has 3 saturated carbocycles. The van der Waals surface area contributed by atoms with Crippen LogP contribution in [0.1, 0.15) is 248 Å². The lowest BCUT2D eigenvalue weighted by Crippen LogP contribution is -2.37. The largest absolute Gasteiger partial charge is 0.381 e. The van der Waals surface area contributed by atoms with Crippen LogP contribution < -0.4 is 0 Å². The summed E-state index contributed by atoms with van der Waals surface area (Å²) in [6, 6.07) is 0. The van der Waals surface area contributed by atoms with E-state index in [0.29, 0.717) is 37.9 Å².